The lowest BCUT2D eigenvalue weighted by Gasteiger charge is -2.34. The van der Waals surface area contributed by atoms with E-state index in [1.54, 1.807) is 35.0 Å². The number of carbonyl (C=O) groups excluding carboxylic acids is 2. The molecule has 2 heterocycles. The van der Waals surface area contributed by atoms with Crippen LogP contribution in [0.5, 0.6) is 0 Å². The van der Waals surface area contributed by atoms with Crippen molar-refractivity contribution < 1.29 is 9.59 Å². The van der Waals surface area contributed by atoms with Gasteiger partial charge in [-0.15, -0.1) is 0 Å². The molecule has 1 N–H and O–H groups in total. The number of halogens is 2. The van der Waals surface area contributed by atoms with Gasteiger partial charge >= 0.3 is 0 Å². The average Bonchev–Trinajstić information content (AvgIpc) is 3.15. The Balaban J connectivity index is 1.65. The Morgan fingerprint density at radius 2 is 2.15 bits per heavy atom. The largest absolute Gasteiger partial charge is 0.338 e. The molecule has 0 saturated carbocycles. The van der Waals surface area contributed by atoms with Gasteiger partial charge in [-0.05, 0) is 31.0 Å². The summed E-state index contributed by atoms with van der Waals surface area (Å²) in [6.45, 7) is 1.36. The molecule has 1 aliphatic rings. The van der Waals surface area contributed by atoms with Gasteiger partial charge < -0.3 is 9.80 Å². The fourth-order valence-electron chi connectivity index (χ4n) is 3.10. The minimum Gasteiger partial charge on any atom is -0.338 e. The highest BCUT2D eigenvalue weighted by Crippen LogP contribution is 2.25. The highest BCUT2D eigenvalue weighted by molar-refractivity contribution is 6.42. The summed E-state index contributed by atoms with van der Waals surface area (Å²) in [5.41, 5.74) is 0.475. The molecule has 0 radical (unpaired) electrons. The Hall–Kier alpha value is -2.12. The predicted molar refractivity (Wildman–Crippen MR) is 97.9 cm³/mol. The van der Waals surface area contributed by atoms with E-state index >= 15 is 0 Å². The summed E-state index contributed by atoms with van der Waals surface area (Å²) in [4.78, 5) is 32.8. The van der Waals surface area contributed by atoms with Gasteiger partial charge in [0, 0.05) is 25.7 Å². The number of likely N-dealkylation sites (tertiary alicyclic amines) is 1. The number of hydrogen-bond acceptors (Lipinski definition) is 4. The number of amides is 2. The van der Waals surface area contributed by atoms with Crippen LogP contribution in [0.2, 0.25) is 10.0 Å². The first kappa shape index (κ1) is 18.7. The highest BCUT2D eigenvalue weighted by Gasteiger charge is 2.31. The van der Waals surface area contributed by atoms with Gasteiger partial charge in [-0.3, -0.25) is 14.7 Å². The number of benzene rings is 1. The van der Waals surface area contributed by atoms with Crippen molar-refractivity contribution in [1.29, 1.82) is 0 Å². The number of aromatic amines is 1. The second-order valence-electron chi connectivity index (χ2n) is 6.35. The number of H-pyrrole nitrogens is 1. The van der Waals surface area contributed by atoms with E-state index in [1.165, 1.54) is 6.33 Å². The van der Waals surface area contributed by atoms with Crippen LogP contribution in [0, 0.1) is 5.92 Å². The van der Waals surface area contributed by atoms with Crippen LogP contribution < -0.4 is 0 Å². The molecule has 9 heteroatoms. The topological polar surface area (TPSA) is 82.2 Å². The maximum absolute atomic E-state index is 12.7. The molecule has 3 rings (SSSR count). The van der Waals surface area contributed by atoms with E-state index in [2.05, 4.69) is 15.2 Å². The molecule has 138 valence electrons. The van der Waals surface area contributed by atoms with Crippen LogP contribution in [-0.4, -0.2) is 56.9 Å². The smallest absolute Gasteiger partial charge is 0.253 e. The SMILES string of the molecule is CN(Cc1ncn[nH]1)C(=O)C1CCCN(C(=O)c2ccc(Cl)c(Cl)c2)C1. The molecule has 0 aliphatic carbocycles. The van der Waals surface area contributed by atoms with Crippen LogP contribution in [0.3, 0.4) is 0 Å². The molecule has 1 aromatic carbocycles. The maximum atomic E-state index is 12.7. The molecular formula is C17H19Cl2N5O2. The van der Waals surface area contributed by atoms with E-state index in [1.807, 2.05) is 0 Å². The molecule has 0 bridgehead atoms. The van der Waals surface area contributed by atoms with Gasteiger partial charge in [0.2, 0.25) is 5.91 Å². The number of rotatable bonds is 4. The number of piperidine rings is 1. The van der Waals surface area contributed by atoms with E-state index < -0.39 is 0 Å². The lowest BCUT2D eigenvalue weighted by molar-refractivity contribution is -0.136. The first-order valence-corrected chi connectivity index (χ1v) is 9.05. The molecule has 1 saturated heterocycles. The van der Waals surface area contributed by atoms with Crippen molar-refractivity contribution in [3.05, 3.63) is 46.0 Å². The lowest BCUT2D eigenvalue weighted by Crippen LogP contribution is -2.45. The van der Waals surface area contributed by atoms with E-state index in [4.69, 9.17) is 23.2 Å². The second kappa shape index (κ2) is 8.05. The molecule has 1 atom stereocenters. The zero-order valence-corrected chi connectivity index (χ0v) is 15.8. The van der Waals surface area contributed by atoms with E-state index in [0.29, 0.717) is 41.1 Å². The molecule has 2 amide bonds. The van der Waals surface area contributed by atoms with Crippen LogP contribution in [0.1, 0.15) is 29.0 Å². The molecule has 0 spiro atoms. The monoisotopic (exact) mass is 395 g/mol. The van der Waals surface area contributed by atoms with Crippen molar-refractivity contribution in [1.82, 2.24) is 25.0 Å². The molecular weight excluding hydrogens is 377 g/mol. The van der Waals surface area contributed by atoms with Crippen LogP contribution in [0.25, 0.3) is 0 Å². The number of carbonyl (C=O) groups is 2. The summed E-state index contributed by atoms with van der Waals surface area (Å²) in [6, 6.07) is 4.82. The number of nitrogens with zero attached hydrogens (tertiary/aromatic N) is 4. The molecule has 1 fully saturated rings. The molecule has 1 aliphatic heterocycles. The van der Waals surface area contributed by atoms with Crippen molar-refractivity contribution in [2.24, 2.45) is 5.92 Å². The normalized spacial score (nSPS) is 17.2. The first-order valence-electron chi connectivity index (χ1n) is 8.29. The summed E-state index contributed by atoms with van der Waals surface area (Å²) in [5.74, 6) is 0.246. The Morgan fingerprint density at radius 1 is 1.35 bits per heavy atom. The summed E-state index contributed by atoms with van der Waals surface area (Å²) in [7, 11) is 1.73. The van der Waals surface area contributed by atoms with Gasteiger partial charge in [-0.1, -0.05) is 23.2 Å². The Morgan fingerprint density at radius 3 is 2.85 bits per heavy atom. The standard InChI is InChI=1S/C17H19Cl2N5O2/c1-23(9-15-20-10-21-22-15)16(25)12-3-2-6-24(8-12)17(26)11-4-5-13(18)14(19)7-11/h4-5,7,10,12H,2-3,6,8-9H2,1H3,(H,20,21,22). The third-order valence-corrected chi connectivity index (χ3v) is 5.19. The van der Waals surface area contributed by atoms with E-state index in [-0.39, 0.29) is 17.7 Å². The fraction of sp³-hybridized carbons (Fsp3) is 0.412. The zero-order chi connectivity index (χ0) is 18.7. The molecule has 7 nitrogen and oxygen atoms in total. The van der Waals surface area contributed by atoms with Gasteiger partial charge in [0.05, 0.1) is 22.5 Å². The van der Waals surface area contributed by atoms with Crippen LogP contribution in [0.4, 0.5) is 0 Å². The summed E-state index contributed by atoms with van der Waals surface area (Å²) >= 11 is 11.9. The third kappa shape index (κ3) is 4.16. The minimum absolute atomic E-state index is 0.00645. The fourth-order valence-corrected chi connectivity index (χ4v) is 3.39. The lowest BCUT2D eigenvalue weighted by atomic mass is 9.96. The number of aromatic nitrogens is 3. The molecule has 1 unspecified atom stereocenters. The molecule has 26 heavy (non-hydrogen) atoms. The second-order valence-corrected chi connectivity index (χ2v) is 7.16. The number of nitrogens with one attached hydrogen (secondary N) is 1. The third-order valence-electron chi connectivity index (χ3n) is 4.45. The Bertz CT molecular complexity index is 796. The van der Waals surface area contributed by atoms with Crippen molar-refractivity contribution in [3.8, 4) is 0 Å². The Labute approximate surface area is 161 Å². The minimum atomic E-state index is -0.233. The average molecular weight is 396 g/mol. The van der Waals surface area contributed by atoms with Crippen LogP contribution >= 0.6 is 23.2 Å². The molecule has 1 aromatic heterocycles. The van der Waals surface area contributed by atoms with Crippen molar-refractivity contribution in [3.63, 3.8) is 0 Å². The summed E-state index contributed by atoms with van der Waals surface area (Å²) < 4.78 is 0. The van der Waals surface area contributed by atoms with E-state index in [9.17, 15) is 9.59 Å². The first-order chi connectivity index (χ1) is 12.5. The Kier molecular flexibility index (Phi) is 5.78. The van der Waals surface area contributed by atoms with Gasteiger partial charge in [-0.25, -0.2) is 4.98 Å². The quantitative estimate of drug-likeness (QED) is 0.862. The van der Waals surface area contributed by atoms with Crippen molar-refractivity contribution >= 4 is 35.0 Å². The number of hydrogen-bond donors (Lipinski definition) is 1. The van der Waals surface area contributed by atoms with Crippen molar-refractivity contribution in [2.75, 3.05) is 20.1 Å². The predicted octanol–water partition coefficient (Wildman–Crippen LogP) is 2.62. The molecule has 2 aromatic rings. The summed E-state index contributed by atoms with van der Waals surface area (Å²) in [5, 5.41) is 7.27. The van der Waals surface area contributed by atoms with Gasteiger partial charge in [-0.2, -0.15) is 5.10 Å². The van der Waals surface area contributed by atoms with Crippen molar-refractivity contribution in [2.45, 2.75) is 19.4 Å². The van der Waals surface area contributed by atoms with E-state index in [0.717, 1.165) is 12.8 Å². The van der Waals surface area contributed by atoms with Gasteiger partial charge in [0.1, 0.15) is 12.2 Å². The van der Waals surface area contributed by atoms with Gasteiger partial charge in [0.25, 0.3) is 5.91 Å². The zero-order valence-electron chi connectivity index (χ0n) is 14.3. The maximum Gasteiger partial charge on any atom is 0.253 e. The van der Waals surface area contributed by atoms with Gasteiger partial charge in [0.15, 0.2) is 0 Å². The van der Waals surface area contributed by atoms with Crippen LogP contribution in [-0.2, 0) is 11.3 Å². The summed E-state index contributed by atoms with van der Waals surface area (Å²) in [6.07, 6.45) is 2.94. The van der Waals surface area contributed by atoms with Crippen LogP contribution in [0.15, 0.2) is 24.5 Å². The highest BCUT2D eigenvalue weighted by atomic mass is 35.5.